The first-order valence-corrected chi connectivity index (χ1v) is 7.02. The molecule has 1 unspecified atom stereocenters. The summed E-state index contributed by atoms with van der Waals surface area (Å²) in [5, 5.41) is 0. The molecule has 5 heteroatoms. The minimum absolute atomic E-state index is 0.0405. The Morgan fingerprint density at radius 1 is 1.33 bits per heavy atom. The number of nitrogens with two attached hydrogens (primary N) is 1. The summed E-state index contributed by atoms with van der Waals surface area (Å²) in [6.07, 6.45) is 5.32. The first-order valence-electron chi connectivity index (χ1n) is 6.23. The summed E-state index contributed by atoms with van der Waals surface area (Å²) in [6, 6.07) is 2.17. The second-order valence-corrected chi connectivity index (χ2v) is 5.72. The van der Waals surface area contributed by atoms with Crippen LogP contribution in [0.4, 0.5) is 8.78 Å². The third-order valence-electron chi connectivity index (χ3n) is 3.67. The summed E-state index contributed by atoms with van der Waals surface area (Å²) in [5.41, 5.74) is 2.59. The maximum absolute atomic E-state index is 14.0. The second-order valence-electron chi connectivity index (χ2n) is 4.86. The van der Waals surface area contributed by atoms with Gasteiger partial charge in [0, 0.05) is 5.56 Å². The number of benzene rings is 1. The van der Waals surface area contributed by atoms with E-state index in [1.165, 1.54) is 25.0 Å². The molecule has 1 aliphatic rings. The number of hydrogen-bond acceptors (Lipinski definition) is 2. The maximum Gasteiger partial charge on any atom is 0.145 e. The third-order valence-corrected chi connectivity index (χ3v) is 4.29. The van der Waals surface area contributed by atoms with Crippen LogP contribution in [0.15, 0.2) is 16.6 Å². The molecule has 1 atom stereocenters. The van der Waals surface area contributed by atoms with Crippen LogP contribution in [0, 0.1) is 17.6 Å². The smallest absolute Gasteiger partial charge is 0.145 e. The Labute approximate surface area is 114 Å². The molecular formula is C13H17BrF2N2. The lowest BCUT2D eigenvalue weighted by Crippen LogP contribution is -2.31. The fourth-order valence-electron chi connectivity index (χ4n) is 2.71. The Morgan fingerprint density at radius 3 is 2.61 bits per heavy atom. The number of hydrogen-bond donors (Lipinski definition) is 2. The van der Waals surface area contributed by atoms with Gasteiger partial charge in [0.1, 0.15) is 11.6 Å². The predicted molar refractivity (Wildman–Crippen MR) is 70.7 cm³/mol. The van der Waals surface area contributed by atoms with Gasteiger partial charge >= 0.3 is 0 Å². The molecule has 100 valence electrons. The molecule has 1 fully saturated rings. The van der Waals surface area contributed by atoms with E-state index in [2.05, 4.69) is 21.4 Å². The highest BCUT2D eigenvalue weighted by atomic mass is 79.9. The van der Waals surface area contributed by atoms with Gasteiger partial charge in [-0.25, -0.2) is 8.78 Å². The zero-order valence-electron chi connectivity index (χ0n) is 10.1. The molecule has 2 rings (SSSR count). The summed E-state index contributed by atoms with van der Waals surface area (Å²) in [5.74, 6) is 4.87. The highest BCUT2D eigenvalue weighted by Gasteiger charge is 2.25. The first-order chi connectivity index (χ1) is 8.63. The van der Waals surface area contributed by atoms with E-state index in [9.17, 15) is 8.78 Å². The van der Waals surface area contributed by atoms with Crippen molar-refractivity contribution in [3.8, 4) is 0 Å². The van der Waals surface area contributed by atoms with Crippen LogP contribution in [-0.2, 0) is 0 Å². The molecule has 1 aromatic rings. The molecular weight excluding hydrogens is 302 g/mol. The van der Waals surface area contributed by atoms with Gasteiger partial charge in [-0.2, -0.15) is 0 Å². The highest BCUT2D eigenvalue weighted by Crippen LogP contribution is 2.35. The van der Waals surface area contributed by atoms with Crippen molar-refractivity contribution in [2.45, 2.75) is 38.1 Å². The SMILES string of the molecule is NNC(CC1CCCC1)c1c(F)ccc(Br)c1F. The highest BCUT2D eigenvalue weighted by molar-refractivity contribution is 9.10. The molecule has 1 aromatic carbocycles. The van der Waals surface area contributed by atoms with Gasteiger partial charge in [-0.05, 0) is 40.4 Å². The normalized spacial score (nSPS) is 18.2. The molecule has 3 N–H and O–H groups in total. The summed E-state index contributed by atoms with van der Waals surface area (Å²) in [6.45, 7) is 0. The summed E-state index contributed by atoms with van der Waals surface area (Å²) >= 11 is 3.08. The summed E-state index contributed by atoms with van der Waals surface area (Å²) < 4.78 is 28.0. The molecule has 0 heterocycles. The zero-order chi connectivity index (χ0) is 13.1. The topological polar surface area (TPSA) is 38.0 Å². The lowest BCUT2D eigenvalue weighted by atomic mass is 9.93. The van der Waals surface area contributed by atoms with Crippen LogP contribution in [0.3, 0.4) is 0 Å². The molecule has 1 saturated carbocycles. The fourth-order valence-corrected chi connectivity index (χ4v) is 3.06. The van der Waals surface area contributed by atoms with E-state index in [1.54, 1.807) is 0 Å². The minimum Gasteiger partial charge on any atom is -0.271 e. The van der Waals surface area contributed by atoms with Crippen LogP contribution in [0.1, 0.15) is 43.7 Å². The van der Waals surface area contributed by atoms with Crippen LogP contribution < -0.4 is 11.3 Å². The average molecular weight is 319 g/mol. The number of halogens is 3. The lowest BCUT2D eigenvalue weighted by molar-refractivity contribution is 0.377. The molecule has 18 heavy (non-hydrogen) atoms. The van der Waals surface area contributed by atoms with Crippen LogP contribution in [-0.4, -0.2) is 0 Å². The van der Waals surface area contributed by atoms with Crippen LogP contribution >= 0.6 is 15.9 Å². The molecule has 0 radical (unpaired) electrons. The van der Waals surface area contributed by atoms with Crippen molar-refractivity contribution in [1.82, 2.24) is 5.43 Å². The molecule has 0 aromatic heterocycles. The number of rotatable bonds is 4. The van der Waals surface area contributed by atoms with Crippen molar-refractivity contribution >= 4 is 15.9 Å². The second kappa shape index (κ2) is 6.08. The molecule has 1 aliphatic carbocycles. The van der Waals surface area contributed by atoms with Crippen molar-refractivity contribution in [2.75, 3.05) is 0 Å². The fraction of sp³-hybridized carbons (Fsp3) is 0.538. The van der Waals surface area contributed by atoms with E-state index in [-0.39, 0.29) is 10.0 Å². The molecule has 0 saturated heterocycles. The summed E-state index contributed by atoms with van der Waals surface area (Å²) in [4.78, 5) is 0. The van der Waals surface area contributed by atoms with Gasteiger partial charge in [0.25, 0.3) is 0 Å². The van der Waals surface area contributed by atoms with Crippen molar-refractivity contribution in [3.05, 3.63) is 33.8 Å². The Balaban J connectivity index is 2.23. The van der Waals surface area contributed by atoms with Gasteiger partial charge in [0.15, 0.2) is 0 Å². The molecule has 0 bridgehead atoms. The van der Waals surface area contributed by atoms with Gasteiger partial charge in [-0.3, -0.25) is 11.3 Å². The number of nitrogens with one attached hydrogen (secondary N) is 1. The Morgan fingerprint density at radius 2 is 2.00 bits per heavy atom. The van der Waals surface area contributed by atoms with Gasteiger partial charge in [0.2, 0.25) is 0 Å². The minimum atomic E-state index is -0.559. The predicted octanol–water partition coefficient (Wildman–Crippen LogP) is 3.81. The maximum atomic E-state index is 14.0. The van der Waals surface area contributed by atoms with E-state index >= 15 is 0 Å². The largest absolute Gasteiger partial charge is 0.271 e. The van der Waals surface area contributed by atoms with E-state index in [1.807, 2.05) is 0 Å². The van der Waals surface area contributed by atoms with Crippen molar-refractivity contribution < 1.29 is 8.78 Å². The molecule has 2 nitrogen and oxygen atoms in total. The van der Waals surface area contributed by atoms with E-state index < -0.39 is 17.7 Å². The zero-order valence-corrected chi connectivity index (χ0v) is 11.6. The third kappa shape index (κ3) is 2.90. The average Bonchev–Trinajstić information content (AvgIpc) is 2.86. The monoisotopic (exact) mass is 318 g/mol. The van der Waals surface area contributed by atoms with Gasteiger partial charge < -0.3 is 0 Å². The standard InChI is InChI=1S/C13H17BrF2N2/c14-9-5-6-10(15)12(13(9)16)11(18-17)7-8-3-1-2-4-8/h5-6,8,11,18H,1-4,7,17H2. The summed E-state index contributed by atoms with van der Waals surface area (Å²) in [7, 11) is 0. The van der Waals surface area contributed by atoms with Crippen molar-refractivity contribution in [2.24, 2.45) is 11.8 Å². The van der Waals surface area contributed by atoms with Crippen LogP contribution in [0.25, 0.3) is 0 Å². The van der Waals surface area contributed by atoms with Crippen molar-refractivity contribution in [1.29, 1.82) is 0 Å². The van der Waals surface area contributed by atoms with Crippen LogP contribution in [0.2, 0.25) is 0 Å². The van der Waals surface area contributed by atoms with E-state index in [4.69, 9.17) is 5.84 Å². The van der Waals surface area contributed by atoms with Gasteiger partial charge in [-0.1, -0.05) is 25.7 Å². The quantitative estimate of drug-likeness (QED) is 0.503. The first kappa shape index (κ1) is 13.9. The Kier molecular flexibility index (Phi) is 4.70. The molecule has 0 aliphatic heterocycles. The lowest BCUT2D eigenvalue weighted by Gasteiger charge is -2.21. The molecule has 0 spiro atoms. The Bertz CT molecular complexity index is 420. The Hall–Kier alpha value is -0.520. The van der Waals surface area contributed by atoms with Crippen LogP contribution in [0.5, 0.6) is 0 Å². The molecule has 0 amide bonds. The van der Waals surface area contributed by atoms with Crippen molar-refractivity contribution in [3.63, 3.8) is 0 Å². The van der Waals surface area contributed by atoms with Gasteiger partial charge in [-0.15, -0.1) is 0 Å². The van der Waals surface area contributed by atoms with E-state index in [0.29, 0.717) is 12.3 Å². The van der Waals surface area contributed by atoms with Gasteiger partial charge in [0.05, 0.1) is 10.5 Å². The number of hydrazine groups is 1. The van der Waals surface area contributed by atoms with E-state index in [0.717, 1.165) is 12.8 Å².